The number of carbonyl (C=O) groups is 2. The predicted octanol–water partition coefficient (Wildman–Crippen LogP) is 5.35. The third-order valence-electron chi connectivity index (χ3n) is 4.48. The molecule has 14 heteroatoms. The first-order valence-electron chi connectivity index (χ1n) is 9.30. The van der Waals surface area contributed by atoms with Crippen LogP contribution in [0.2, 0.25) is 0 Å². The van der Waals surface area contributed by atoms with Gasteiger partial charge in [0.15, 0.2) is 18.1 Å². The van der Waals surface area contributed by atoms with E-state index < -0.39 is 53.3 Å². The van der Waals surface area contributed by atoms with Crippen LogP contribution in [0.1, 0.15) is 16.7 Å². The number of ether oxygens (including phenoxy) is 2. The van der Waals surface area contributed by atoms with Gasteiger partial charge in [-0.05, 0) is 47.5 Å². The maximum absolute atomic E-state index is 13.4. The van der Waals surface area contributed by atoms with E-state index in [2.05, 4.69) is 5.32 Å². The molecule has 186 valence electrons. The first kappa shape index (κ1) is 26.3. The monoisotopic (exact) mass is 537 g/mol. The Morgan fingerprint density at radius 1 is 1.09 bits per heavy atom. The molecule has 0 aliphatic carbocycles. The third-order valence-corrected chi connectivity index (χ3v) is 5.64. The van der Waals surface area contributed by atoms with Gasteiger partial charge in [-0.15, -0.1) is 0 Å². The lowest BCUT2D eigenvalue weighted by atomic mass is 9.96. The summed E-state index contributed by atoms with van der Waals surface area (Å²) in [6, 6.07) is 3.34. The zero-order valence-corrected chi connectivity index (χ0v) is 19.0. The van der Waals surface area contributed by atoms with Gasteiger partial charge in [0.2, 0.25) is 0 Å². The van der Waals surface area contributed by atoms with Crippen LogP contribution in [0.25, 0.3) is 17.2 Å². The number of hydrogen-bond acceptors (Lipinski definition) is 6. The van der Waals surface area contributed by atoms with Crippen molar-refractivity contribution in [1.82, 2.24) is 5.32 Å². The molecule has 0 bridgehead atoms. The Kier molecular flexibility index (Phi) is 7.36. The summed E-state index contributed by atoms with van der Waals surface area (Å²) in [5.74, 6) is -2.59. The molecular formula is C21H13F6NO5S2. The standard InChI is InChI=1S/C21H13F6NO5S2/c1-32-14-3-9(4-15-18(31)28-19(34)35-15)2-13(17(14)33-8-16(29)30)10-5-11(20(22,23)24)7-12(6-10)21(25,26)27/h2-7H,8H2,1H3,(H,29,30)(H,28,31,34). The van der Waals surface area contributed by atoms with Gasteiger partial charge in [0.25, 0.3) is 5.91 Å². The minimum Gasteiger partial charge on any atom is -0.493 e. The van der Waals surface area contributed by atoms with Crippen molar-refractivity contribution in [2.24, 2.45) is 0 Å². The Balaban J connectivity index is 2.30. The number of thiocarbonyl (C=S) groups is 1. The molecule has 1 aliphatic rings. The molecule has 3 rings (SSSR count). The summed E-state index contributed by atoms with van der Waals surface area (Å²) < 4.78 is 91.0. The smallest absolute Gasteiger partial charge is 0.416 e. The highest BCUT2D eigenvalue weighted by Crippen LogP contribution is 2.44. The van der Waals surface area contributed by atoms with Crippen molar-refractivity contribution >= 4 is 46.3 Å². The van der Waals surface area contributed by atoms with Gasteiger partial charge in [0, 0.05) is 5.56 Å². The lowest BCUT2D eigenvalue weighted by Gasteiger charge is -2.18. The molecule has 2 N–H and O–H groups in total. The van der Waals surface area contributed by atoms with E-state index in [1.165, 1.54) is 12.1 Å². The van der Waals surface area contributed by atoms with E-state index in [9.17, 15) is 35.9 Å². The van der Waals surface area contributed by atoms with Crippen molar-refractivity contribution < 1.29 is 50.5 Å². The van der Waals surface area contributed by atoms with Gasteiger partial charge >= 0.3 is 18.3 Å². The number of alkyl halides is 6. The molecule has 1 heterocycles. The zero-order valence-electron chi connectivity index (χ0n) is 17.3. The van der Waals surface area contributed by atoms with E-state index in [1.54, 1.807) is 0 Å². The summed E-state index contributed by atoms with van der Waals surface area (Å²) in [6.45, 7) is -0.957. The minimum atomic E-state index is -5.12. The maximum Gasteiger partial charge on any atom is 0.416 e. The number of hydrogen-bond donors (Lipinski definition) is 2. The van der Waals surface area contributed by atoms with E-state index in [0.29, 0.717) is 12.1 Å². The minimum absolute atomic E-state index is 0.0369. The van der Waals surface area contributed by atoms with Gasteiger partial charge in [-0.2, -0.15) is 26.3 Å². The van der Waals surface area contributed by atoms with Crippen LogP contribution in [-0.4, -0.2) is 35.0 Å². The first-order chi connectivity index (χ1) is 16.2. The zero-order chi connectivity index (χ0) is 26.1. The third kappa shape index (κ3) is 6.25. The SMILES string of the molecule is COc1cc(C=C2SC(=S)NC2=O)cc(-c2cc(C(F)(F)F)cc(C(F)(F)F)c2)c1OCC(=O)O. The van der Waals surface area contributed by atoms with Gasteiger partial charge in [0.05, 0.1) is 23.1 Å². The number of methoxy groups -OCH3 is 1. The van der Waals surface area contributed by atoms with Crippen molar-refractivity contribution in [2.45, 2.75) is 12.4 Å². The van der Waals surface area contributed by atoms with Crippen LogP contribution in [0.4, 0.5) is 26.3 Å². The topological polar surface area (TPSA) is 84.9 Å². The Bertz CT molecular complexity index is 1210. The molecule has 2 aromatic rings. The molecule has 6 nitrogen and oxygen atoms in total. The van der Waals surface area contributed by atoms with E-state index in [4.69, 9.17) is 26.8 Å². The molecule has 0 unspecified atom stereocenters. The molecule has 1 fully saturated rings. The van der Waals surface area contributed by atoms with E-state index in [1.807, 2.05) is 0 Å². The van der Waals surface area contributed by atoms with Gasteiger partial charge < -0.3 is 19.9 Å². The second-order valence-electron chi connectivity index (χ2n) is 6.93. The van der Waals surface area contributed by atoms with Crippen LogP contribution in [0.15, 0.2) is 35.2 Å². The highest BCUT2D eigenvalue weighted by molar-refractivity contribution is 8.26. The van der Waals surface area contributed by atoms with Gasteiger partial charge in [-0.1, -0.05) is 24.0 Å². The average molecular weight is 537 g/mol. The number of carboxylic acids is 1. The molecule has 0 saturated carbocycles. The number of nitrogens with one attached hydrogen (secondary N) is 1. The number of carbonyl (C=O) groups excluding carboxylic acids is 1. The molecule has 0 radical (unpaired) electrons. The van der Waals surface area contributed by atoms with Crippen molar-refractivity contribution in [1.29, 1.82) is 0 Å². The van der Waals surface area contributed by atoms with Crippen LogP contribution >= 0.6 is 24.0 Å². The number of aliphatic carboxylic acids is 1. The Morgan fingerprint density at radius 2 is 1.69 bits per heavy atom. The normalized spacial score (nSPS) is 15.3. The van der Waals surface area contributed by atoms with Crippen molar-refractivity contribution in [3.63, 3.8) is 0 Å². The van der Waals surface area contributed by atoms with Crippen LogP contribution < -0.4 is 14.8 Å². The van der Waals surface area contributed by atoms with Gasteiger partial charge in [-0.3, -0.25) is 4.79 Å². The summed E-state index contributed by atoms with van der Waals surface area (Å²) in [7, 11) is 1.14. The van der Waals surface area contributed by atoms with E-state index >= 15 is 0 Å². The lowest BCUT2D eigenvalue weighted by molar-refractivity contribution is -0.143. The number of rotatable bonds is 6. The fourth-order valence-corrected chi connectivity index (χ4v) is 4.08. The van der Waals surface area contributed by atoms with Crippen molar-refractivity contribution in [3.05, 3.63) is 51.9 Å². The Labute approximate surface area is 202 Å². The fourth-order valence-electron chi connectivity index (χ4n) is 3.04. The number of amides is 1. The highest BCUT2D eigenvalue weighted by Gasteiger charge is 2.37. The molecule has 1 saturated heterocycles. The summed E-state index contributed by atoms with van der Waals surface area (Å²) in [5, 5.41) is 11.3. The lowest BCUT2D eigenvalue weighted by Crippen LogP contribution is -2.17. The van der Waals surface area contributed by atoms with E-state index in [-0.39, 0.29) is 32.2 Å². The van der Waals surface area contributed by atoms with Crippen LogP contribution in [0, 0.1) is 0 Å². The molecule has 1 amide bonds. The predicted molar refractivity (Wildman–Crippen MR) is 118 cm³/mol. The van der Waals surface area contributed by atoms with Crippen LogP contribution in [0.3, 0.4) is 0 Å². The average Bonchev–Trinajstić information content (AvgIpc) is 3.06. The Morgan fingerprint density at radius 3 is 2.14 bits per heavy atom. The number of carboxylic acid groups (broad SMARTS) is 1. The Hall–Kier alpha value is -3.26. The van der Waals surface area contributed by atoms with Crippen molar-refractivity contribution in [2.75, 3.05) is 13.7 Å². The molecule has 0 spiro atoms. The molecule has 0 atom stereocenters. The van der Waals surface area contributed by atoms with Gasteiger partial charge in [0.1, 0.15) is 4.32 Å². The molecule has 35 heavy (non-hydrogen) atoms. The molecular weight excluding hydrogens is 524 g/mol. The first-order valence-corrected chi connectivity index (χ1v) is 10.5. The molecule has 2 aromatic carbocycles. The number of thioether (sulfide) groups is 1. The summed E-state index contributed by atoms with van der Waals surface area (Å²) in [4.78, 5) is 23.1. The summed E-state index contributed by atoms with van der Waals surface area (Å²) in [5.41, 5.74) is -3.89. The second-order valence-corrected chi connectivity index (χ2v) is 8.65. The van der Waals surface area contributed by atoms with Crippen molar-refractivity contribution in [3.8, 4) is 22.6 Å². The quantitative estimate of drug-likeness (QED) is 0.292. The van der Waals surface area contributed by atoms with Crippen LogP contribution in [-0.2, 0) is 21.9 Å². The summed E-state index contributed by atoms with van der Waals surface area (Å²) in [6.07, 6.45) is -8.93. The summed E-state index contributed by atoms with van der Waals surface area (Å²) >= 11 is 5.79. The highest BCUT2D eigenvalue weighted by atomic mass is 32.2. The number of halogens is 6. The molecule has 1 aliphatic heterocycles. The largest absolute Gasteiger partial charge is 0.493 e. The van der Waals surface area contributed by atoms with Crippen LogP contribution in [0.5, 0.6) is 11.5 Å². The fraction of sp³-hybridized carbons (Fsp3) is 0.190. The van der Waals surface area contributed by atoms with E-state index in [0.717, 1.165) is 24.9 Å². The maximum atomic E-state index is 13.4. The number of benzene rings is 2. The molecule has 0 aromatic heterocycles. The second kappa shape index (κ2) is 9.77. The van der Waals surface area contributed by atoms with Gasteiger partial charge in [-0.25, -0.2) is 4.79 Å².